The van der Waals surface area contributed by atoms with Crippen LogP contribution in [0.2, 0.25) is 0 Å². The van der Waals surface area contributed by atoms with E-state index >= 15 is 0 Å². The quantitative estimate of drug-likeness (QED) is 0.770. The standard InChI is InChI=1S/C18H15FN2OS/c1-12-20-18(13-7-9-14(19)10-8-13)16(23-12)11-17(22)21-15-5-3-2-4-6-15/h2-10H,11H2,1H3,(H,21,22). The number of rotatable bonds is 4. The molecule has 0 saturated heterocycles. The van der Waals surface area contributed by atoms with Crippen molar-refractivity contribution in [1.29, 1.82) is 0 Å². The van der Waals surface area contributed by atoms with E-state index in [0.29, 0.717) is 0 Å². The predicted molar refractivity (Wildman–Crippen MR) is 91.0 cm³/mol. The Morgan fingerprint density at radius 2 is 1.83 bits per heavy atom. The second-order valence-electron chi connectivity index (χ2n) is 5.10. The van der Waals surface area contributed by atoms with Gasteiger partial charge in [-0.2, -0.15) is 0 Å². The molecule has 1 aromatic heterocycles. The third-order valence-corrected chi connectivity index (χ3v) is 4.27. The Kier molecular flexibility index (Phi) is 4.48. The molecular formula is C18H15FN2OS. The van der Waals surface area contributed by atoms with Crippen molar-refractivity contribution in [2.45, 2.75) is 13.3 Å². The van der Waals surface area contributed by atoms with Crippen LogP contribution in [0.5, 0.6) is 0 Å². The van der Waals surface area contributed by atoms with Crippen LogP contribution in [-0.2, 0) is 11.2 Å². The highest BCUT2D eigenvalue weighted by Crippen LogP contribution is 2.28. The van der Waals surface area contributed by atoms with Crippen molar-refractivity contribution in [2.24, 2.45) is 0 Å². The molecule has 0 aliphatic heterocycles. The molecule has 1 N–H and O–H groups in total. The van der Waals surface area contributed by atoms with E-state index in [1.807, 2.05) is 37.3 Å². The molecule has 0 saturated carbocycles. The van der Waals surface area contributed by atoms with Crippen molar-refractivity contribution in [3.8, 4) is 11.3 Å². The van der Waals surface area contributed by atoms with E-state index in [9.17, 15) is 9.18 Å². The zero-order chi connectivity index (χ0) is 16.2. The lowest BCUT2D eigenvalue weighted by atomic mass is 10.1. The van der Waals surface area contributed by atoms with Gasteiger partial charge in [-0.1, -0.05) is 18.2 Å². The van der Waals surface area contributed by atoms with Crippen LogP contribution in [0.15, 0.2) is 54.6 Å². The van der Waals surface area contributed by atoms with E-state index in [2.05, 4.69) is 10.3 Å². The van der Waals surface area contributed by atoms with Gasteiger partial charge >= 0.3 is 0 Å². The number of benzene rings is 2. The number of anilines is 1. The number of hydrogen-bond acceptors (Lipinski definition) is 3. The number of thiazole rings is 1. The topological polar surface area (TPSA) is 42.0 Å². The molecule has 3 aromatic rings. The number of amides is 1. The van der Waals surface area contributed by atoms with Gasteiger partial charge in [-0.05, 0) is 43.3 Å². The molecule has 3 nitrogen and oxygen atoms in total. The third-order valence-electron chi connectivity index (χ3n) is 3.30. The zero-order valence-electron chi connectivity index (χ0n) is 12.5. The van der Waals surface area contributed by atoms with Gasteiger partial charge in [0.15, 0.2) is 0 Å². The molecular weight excluding hydrogens is 311 g/mol. The van der Waals surface area contributed by atoms with Gasteiger partial charge in [0.25, 0.3) is 0 Å². The maximum Gasteiger partial charge on any atom is 0.229 e. The second kappa shape index (κ2) is 6.71. The second-order valence-corrected chi connectivity index (χ2v) is 6.39. The summed E-state index contributed by atoms with van der Waals surface area (Å²) in [7, 11) is 0. The van der Waals surface area contributed by atoms with Crippen molar-refractivity contribution in [1.82, 2.24) is 4.98 Å². The van der Waals surface area contributed by atoms with Crippen LogP contribution in [0.4, 0.5) is 10.1 Å². The summed E-state index contributed by atoms with van der Waals surface area (Å²) >= 11 is 1.49. The molecule has 0 bridgehead atoms. The molecule has 1 heterocycles. The molecule has 0 spiro atoms. The largest absolute Gasteiger partial charge is 0.326 e. The first-order valence-corrected chi connectivity index (χ1v) is 8.00. The Morgan fingerprint density at radius 3 is 2.52 bits per heavy atom. The van der Waals surface area contributed by atoms with E-state index in [4.69, 9.17) is 0 Å². The van der Waals surface area contributed by atoms with Crippen molar-refractivity contribution >= 4 is 22.9 Å². The fourth-order valence-electron chi connectivity index (χ4n) is 2.29. The normalized spacial score (nSPS) is 10.5. The number of carbonyl (C=O) groups is 1. The van der Waals surface area contributed by atoms with Gasteiger partial charge in [-0.25, -0.2) is 9.37 Å². The van der Waals surface area contributed by atoms with E-state index < -0.39 is 0 Å². The molecule has 116 valence electrons. The van der Waals surface area contributed by atoms with Crippen molar-refractivity contribution in [2.75, 3.05) is 5.32 Å². The first-order valence-electron chi connectivity index (χ1n) is 7.19. The fourth-order valence-corrected chi connectivity index (χ4v) is 3.25. The van der Waals surface area contributed by atoms with Crippen LogP contribution < -0.4 is 5.32 Å². The number of hydrogen-bond donors (Lipinski definition) is 1. The monoisotopic (exact) mass is 326 g/mol. The average Bonchev–Trinajstić information content (AvgIpc) is 2.89. The number of carbonyl (C=O) groups excluding carboxylic acids is 1. The van der Waals surface area contributed by atoms with Gasteiger partial charge in [-0.3, -0.25) is 4.79 Å². The highest BCUT2D eigenvalue weighted by Gasteiger charge is 2.15. The molecule has 2 aromatic carbocycles. The highest BCUT2D eigenvalue weighted by atomic mass is 32.1. The Balaban J connectivity index is 1.80. The smallest absolute Gasteiger partial charge is 0.229 e. The first-order chi connectivity index (χ1) is 11.1. The summed E-state index contributed by atoms with van der Waals surface area (Å²) in [5.74, 6) is -0.382. The minimum Gasteiger partial charge on any atom is -0.326 e. The lowest BCUT2D eigenvalue weighted by Gasteiger charge is -2.05. The van der Waals surface area contributed by atoms with E-state index in [0.717, 1.165) is 26.8 Å². The summed E-state index contributed by atoms with van der Waals surface area (Å²) in [6.07, 6.45) is 0.243. The Hall–Kier alpha value is -2.53. The molecule has 0 fully saturated rings. The molecule has 0 atom stereocenters. The summed E-state index contributed by atoms with van der Waals surface area (Å²) in [4.78, 5) is 17.6. The van der Waals surface area contributed by atoms with E-state index in [1.54, 1.807) is 12.1 Å². The summed E-state index contributed by atoms with van der Waals surface area (Å²) in [6.45, 7) is 1.90. The van der Waals surface area contributed by atoms with Gasteiger partial charge in [-0.15, -0.1) is 11.3 Å². The minimum atomic E-state index is -0.288. The number of aromatic nitrogens is 1. The van der Waals surface area contributed by atoms with Crippen LogP contribution in [-0.4, -0.2) is 10.9 Å². The van der Waals surface area contributed by atoms with Crippen LogP contribution in [0, 0.1) is 12.7 Å². The lowest BCUT2D eigenvalue weighted by Crippen LogP contribution is -2.14. The molecule has 0 unspecified atom stereocenters. The van der Waals surface area contributed by atoms with Crippen molar-refractivity contribution in [3.63, 3.8) is 0 Å². The first kappa shape index (κ1) is 15.4. The van der Waals surface area contributed by atoms with E-state index in [1.165, 1.54) is 23.5 Å². The molecule has 0 aliphatic rings. The van der Waals surface area contributed by atoms with E-state index in [-0.39, 0.29) is 18.1 Å². The van der Waals surface area contributed by atoms with Gasteiger partial charge < -0.3 is 5.32 Å². The van der Waals surface area contributed by atoms with Crippen molar-refractivity contribution < 1.29 is 9.18 Å². The molecule has 1 amide bonds. The highest BCUT2D eigenvalue weighted by molar-refractivity contribution is 7.12. The molecule has 0 radical (unpaired) electrons. The van der Waals surface area contributed by atoms with Crippen LogP contribution >= 0.6 is 11.3 Å². The molecule has 23 heavy (non-hydrogen) atoms. The number of halogens is 1. The molecule has 0 aliphatic carbocycles. The van der Waals surface area contributed by atoms with Gasteiger partial charge in [0.1, 0.15) is 5.82 Å². The van der Waals surface area contributed by atoms with Gasteiger partial charge in [0, 0.05) is 16.1 Å². The Labute approximate surface area is 137 Å². The zero-order valence-corrected chi connectivity index (χ0v) is 13.4. The summed E-state index contributed by atoms with van der Waals surface area (Å²) in [6, 6.07) is 15.5. The average molecular weight is 326 g/mol. The van der Waals surface area contributed by atoms with Crippen molar-refractivity contribution in [3.05, 3.63) is 70.3 Å². The number of para-hydroxylation sites is 1. The van der Waals surface area contributed by atoms with Gasteiger partial charge in [0.05, 0.1) is 17.1 Å². The fraction of sp³-hybridized carbons (Fsp3) is 0.111. The third kappa shape index (κ3) is 3.81. The molecule has 5 heteroatoms. The summed E-state index contributed by atoms with van der Waals surface area (Å²) in [5, 5.41) is 3.75. The number of aryl methyl sites for hydroxylation is 1. The number of nitrogens with one attached hydrogen (secondary N) is 1. The SMILES string of the molecule is Cc1nc(-c2ccc(F)cc2)c(CC(=O)Nc2ccccc2)s1. The minimum absolute atomic E-state index is 0.0942. The predicted octanol–water partition coefficient (Wildman–Crippen LogP) is 4.44. The van der Waals surface area contributed by atoms with Crippen LogP contribution in [0.3, 0.4) is 0 Å². The maximum atomic E-state index is 13.1. The lowest BCUT2D eigenvalue weighted by molar-refractivity contribution is -0.115. The molecule has 3 rings (SSSR count). The van der Waals surface area contributed by atoms with Crippen LogP contribution in [0.1, 0.15) is 9.88 Å². The Bertz CT molecular complexity index is 813. The maximum absolute atomic E-state index is 13.1. The Morgan fingerprint density at radius 1 is 1.13 bits per heavy atom. The van der Waals surface area contributed by atoms with Crippen LogP contribution in [0.25, 0.3) is 11.3 Å². The van der Waals surface area contributed by atoms with Gasteiger partial charge in [0.2, 0.25) is 5.91 Å². The number of nitrogens with zero attached hydrogens (tertiary/aromatic N) is 1. The summed E-state index contributed by atoms with van der Waals surface area (Å²) in [5.41, 5.74) is 2.33. The summed E-state index contributed by atoms with van der Waals surface area (Å²) < 4.78 is 13.1.